The summed E-state index contributed by atoms with van der Waals surface area (Å²) in [5.41, 5.74) is -0.401. The van der Waals surface area contributed by atoms with Gasteiger partial charge in [-0.15, -0.1) is 11.3 Å². The van der Waals surface area contributed by atoms with Crippen LogP contribution in [0, 0.1) is 5.82 Å². The number of aliphatic hydroxyl groups excluding tert-OH is 1. The number of aliphatic hydroxyl groups is 1. The van der Waals surface area contributed by atoms with Crippen molar-refractivity contribution in [1.29, 1.82) is 0 Å². The van der Waals surface area contributed by atoms with E-state index in [4.69, 9.17) is 0 Å². The molecule has 1 heterocycles. The third kappa shape index (κ3) is 5.95. The van der Waals surface area contributed by atoms with Crippen LogP contribution in [0.4, 0.5) is 17.6 Å². The van der Waals surface area contributed by atoms with Gasteiger partial charge in [0.05, 0.1) is 12.6 Å². The molecule has 1 atom stereocenters. The lowest BCUT2D eigenvalue weighted by Crippen LogP contribution is -2.39. The van der Waals surface area contributed by atoms with Crippen LogP contribution in [-0.2, 0) is 12.7 Å². The molecule has 0 amide bonds. The number of rotatable bonds is 6. The van der Waals surface area contributed by atoms with E-state index in [0.717, 1.165) is 16.7 Å². The first-order valence-corrected chi connectivity index (χ1v) is 8.65. The van der Waals surface area contributed by atoms with E-state index >= 15 is 0 Å². The highest BCUT2D eigenvalue weighted by atomic mass is 32.1. The van der Waals surface area contributed by atoms with Crippen LogP contribution in [0.5, 0.6) is 0 Å². The van der Waals surface area contributed by atoms with Crippen molar-refractivity contribution in [2.75, 3.05) is 13.1 Å². The standard InChI is InChI=1S/C16H18F4N4OS/c1-2-21-15(22-7-12(25)10-3-5-11(17)6-4-10)23-8-14-24-13(9-26-14)16(18,19)20/h3-6,9,12,25H,2,7-8H2,1H3,(H2,21,22,23). The Morgan fingerprint density at radius 3 is 2.54 bits per heavy atom. The Balaban J connectivity index is 1.95. The molecule has 2 aromatic rings. The molecule has 10 heteroatoms. The van der Waals surface area contributed by atoms with Crippen LogP contribution in [0.15, 0.2) is 34.6 Å². The van der Waals surface area contributed by atoms with Crippen molar-refractivity contribution in [3.05, 3.63) is 51.7 Å². The summed E-state index contributed by atoms with van der Waals surface area (Å²) in [6.45, 7) is 2.44. The first-order chi connectivity index (χ1) is 12.3. The maximum atomic E-state index is 12.9. The van der Waals surface area contributed by atoms with E-state index in [0.29, 0.717) is 18.1 Å². The molecule has 26 heavy (non-hydrogen) atoms. The average Bonchev–Trinajstić information content (AvgIpc) is 3.07. The fourth-order valence-electron chi connectivity index (χ4n) is 2.00. The number of hydrogen-bond donors (Lipinski definition) is 3. The number of nitrogens with zero attached hydrogens (tertiary/aromatic N) is 2. The second-order valence-corrected chi connectivity index (χ2v) is 6.21. The Hall–Kier alpha value is -2.20. The van der Waals surface area contributed by atoms with Gasteiger partial charge in [-0.25, -0.2) is 14.4 Å². The first kappa shape index (κ1) is 20.1. The van der Waals surface area contributed by atoms with Gasteiger partial charge in [0.2, 0.25) is 0 Å². The summed E-state index contributed by atoms with van der Waals surface area (Å²) >= 11 is 0.880. The molecule has 0 fully saturated rings. The van der Waals surface area contributed by atoms with Crippen molar-refractivity contribution in [1.82, 2.24) is 15.6 Å². The SMILES string of the molecule is CCNC(=NCc1nc(C(F)(F)F)cs1)NCC(O)c1ccc(F)cc1. The Morgan fingerprint density at radius 2 is 1.96 bits per heavy atom. The van der Waals surface area contributed by atoms with E-state index in [1.807, 2.05) is 6.92 Å². The molecule has 142 valence electrons. The van der Waals surface area contributed by atoms with E-state index in [1.54, 1.807) is 0 Å². The third-order valence-corrected chi connectivity index (χ3v) is 4.11. The number of halogens is 4. The van der Waals surface area contributed by atoms with Crippen LogP contribution in [0.3, 0.4) is 0 Å². The van der Waals surface area contributed by atoms with Gasteiger partial charge in [-0.1, -0.05) is 12.1 Å². The Bertz CT molecular complexity index is 731. The molecule has 5 nitrogen and oxygen atoms in total. The predicted molar refractivity (Wildman–Crippen MR) is 91.3 cm³/mol. The van der Waals surface area contributed by atoms with Crippen LogP contribution >= 0.6 is 11.3 Å². The van der Waals surface area contributed by atoms with Crippen molar-refractivity contribution in [2.45, 2.75) is 25.7 Å². The van der Waals surface area contributed by atoms with Gasteiger partial charge in [0.25, 0.3) is 0 Å². The van der Waals surface area contributed by atoms with Gasteiger partial charge in [-0.05, 0) is 24.6 Å². The normalized spacial score (nSPS) is 13.5. The van der Waals surface area contributed by atoms with Gasteiger partial charge in [0.15, 0.2) is 11.7 Å². The van der Waals surface area contributed by atoms with Gasteiger partial charge in [-0.3, -0.25) is 0 Å². The number of thiazole rings is 1. The minimum atomic E-state index is -4.47. The third-order valence-electron chi connectivity index (χ3n) is 3.28. The first-order valence-electron chi connectivity index (χ1n) is 7.77. The molecule has 3 N–H and O–H groups in total. The molecule has 1 unspecified atom stereocenters. The summed E-state index contributed by atoms with van der Waals surface area (Å²) in [5.74, 6) is -0.0668. The molecule has 0 aliphatic rings. The molecular weight excluding hydrogens is 372 g/mol. The minimum Gasteiger partial charge on any atom is -0.387 e. The van der Waals surface area contributed by atoms with E-state index < -0.39 is 23.8 Å². The fourth-order valence-corrected chi connectivity index (χ4v) is 2.72. The summed E-state index contributed by atoms with van der Waals surface area (Å²) in [6, 6.07) is 5.44. The average molecular weight is 390 g/mol. The number of guanidine groups is 1. The number of benzene rings is 1. The van der Waals surface area contributed by atoms with Crippen molar-refractivity contribution < 1.29 is 22.7 Å². The molecule has 0 aliphatic carbocycles. The smallest absolute Gasteiger partial charge is 0.387 e. The topological polar surface area (TPSA) is 69.5 Å². The quantitative estimate of drug-likeness (QED) is 0.403. The zero-order chi connectivity index (χ0) is 19.2. The van der Waals surface area contributed by atoms with Gasteiger partial charge in [-0.2, -0.15) is 13.2 Å². The fraction of sp³-hybridized carbons (Fsp3) is 0.375. The molecule has 0 radical (unpaired) electrons. The van der Waals surface area contributed by atoms with Crippen LogP contribution in [-0.4, -0.2) is 29.1 Å². The predicted octanol–water partition coefficient (Wildman–Crippen LogP) is 3.09. The zero-order valence-electron chi connectivity index (χ0n) is 13.8. The molecule has 0 aliphatic heterocycles. The van der Waals surface area contributed by atoms with Crippen LogP contribution in [0.1, 0.15) is 29.3 Å². The highest BCUT2D eigenvalue weighted by Gasteiger charge is 2.33. The lowest BCUT2D eigenvalue weighted by atomic mass is 10.1. The summed E-state index contributed by atoms with van der Waals surface area (Å²) in [6.07, 6.45) is -5.36. The van der Waals surface area contributed by atoms with Crippen molar-refractivity contribution in [3.8, 4) is 0 Å². The highest BCUT2D eigenvalue weighted by Crippen LogP contribution is 2.30. The molecule has 0 saturated carbocycles. The molecule has 0 bridgehead atoms. The van der Waals surface area contributed by atoms with Crippen LogP contribution in [0.2, 0.25) is 0 Å². The highest BCUT2D eigenvalue weighted by molar-refractivity contribution is 7.09. The number of nitrogens with one attached hydrogen (secondary N) is 2. The molecule has 1 aromatic heterocycles. The second-order valence-electron chi connectivity index (χ2n) is 5.27. The Labute approximate surface area is 151 Å². The van der Waals surface area contributed by atoms with Gasteiger partial charge >= 0.3 is 6.18 Å². The molecule has 0 saturated heterocycles. The van der Waals surface area contributed by atoms with E-state index in [-0.39, 0.29) is 18.1 Å². The summed E-state index contributed by atoms with van der Waals surface area (Å²) in [7, 11) is 0. The summed E-state index contributed by atoms with van der Waals surface area (Å²) in [5, 5.41) is 17.1. The van der Waals surface area contributed by atoms with Crippen LogP contribution in [0.25, 0.3) is 0 Å². The largest absolute Gasteiger partial charge is 0.434 e. The second kappa shape index (κ2) is 8.95. The van der Waals surface area contributed by atoms with E-state index in [2.05, 4.69) is 20.6 Å². The Morgan fingerprint density at radius 1 is 1.27 bits per heavy atom. The van der Waals surface area contributed by atoms with Gasteiger partial charge in [0, 0.05) is 18.5 Å². The molecule has 1 aromatic carbocycles. The lowest BCUT2D eigenvalue weighted by Gasteiger charge is -2.15. The number of aromatic nitrogens is 1. The van der Waals surface area contributed by atoms with Crippen molar-refractivity contribution in [2.24, 2.45) is 4.99 Å². The van der Waals surface area contributed by atoms with Crippen molar-refractivity contribution >= 4 is 17.3 Å². The number of alkyl halides is 3. The van der Waals surface area contributed by atoms with Crippen molar-refractivity contribution in [3.63, 3.8) is 0 Å². The molecule has 2 rings (SSSR count). The summed E-state index contributed by atoms with van der Waals surface area (Å²) in [4.78, 5) is 7.67. The summed E-state index contributed by atoms with van der Waals surface area (Å²) < 4.78 is 50.5. The molecular formula is C16H18F4N4OS. The van der Waals surface area contributed by atoms with E-state index in [9.17, 15) is 22.7 Å². The molecule has 0 spiro atoms. The van der Waals surface area contributed by atoms with E-state index in [1.165, 1.54) is 24.3 Å². The lowest BCUT2D eigenvalue weighted by molar-refractivity contribution is -0.140. The maximum Gasteiger partial charge on any atom is 0.434 e. The zero-order valence-corrected chi connectivity index (χ0v) is 14.7. The monoisotopic (exact) mass is 390 g/mol. The number of hydrogen-bond acceptors (Lipinski definition) is 4. The van der Waals surface area contributed by atoms with Gasteiger partial charge < -0.3 is 15.7 Å². The Kier molecular flexibility index (Phi) is 6.92. The minimum absolute atomic E-state index is 0.0251. The number of aliphatic imine (C=N–C) groups is 1. The van der Waals surface area contributed by atoms with Crippen LogP contribution < -0.4 is 10.6 Å². The maximum absolute atomic E-state index is 12.9. The van der Waals surface area contributed by atoms with Gasteiger partial charge in [0.1, 0.15) is 10.8 Å².